The summed E-state index contributed by atoms with van der Waals surface area (Å²) in [4.78, 5) is 19.6. The van der Waals surface area contributed by atoms with Crippen LogP contribution >= 0.6 is 7.37 Å². The molecule has 1 aliphatic rings. The largest absolute Gasteiger partial charge is 0.481 e. The SMILES string of the molecule is O=C(O)CP(=O)(O)CCC1CCCC1. The summed E-state index contributed by atoms with van der Waals surface area (Å²) in [5.41, 5.74) is 0. The number of hydrogen-bond donors (Lipinski definition) is 2. The predicted octanol–water partition coefficient (Wildman–Crippen LogP) is 1.92. The number of hydrogen-bond acceptors (Lipinski definition) is 2. The minimum Gasteiger partial charge on any atom is -0.481 e. The van der Waals surface area contributed by atoms with E-state index in [4.69, 9.17) is 5.11 Å². The van der Waals surface area contributed by atoms with Gasteiger partial charge < -0.3 is 10.00 Å². The fourth-order valence-corrected chi connectivity index (χ4v) is 3.32. The minimum absolute atomic E-state index is 0.171. The normalized spacial score (nSPS) is 22.1. The Morgan fingerprint density at radius 2 is 1.93 bits per heavy atom. The number of carbonyl (C=O) groups is 1. The Balaban J connectivity index is 2.27. The molecule has 0 aliphatic heterocycles. The maximum absolute atomic E-state index is 11.4. The van der Waals surface area contributed by atoms with Gasteiger partial charge in [0.2, 0.25) is 7.37 Å². The average molecular weight is 220 g/mol. The summed E-state index contributed by atoms with van der Waals surface area (Å²) in [6.45, 7) is 0. The average Bonchev–Trinajstić information content (AvgIpc) is 2.50. The molecule has 4 nitrogen and oxygen atoms in total. The van der Waals surface area contributed by atoms with Gasteiger partial charge in [-0.15, -0.1) is 0 Å². The third-order valence-corrected chi connectivity index (χ3v) is 4.47. The van der Waals surface area contributed by atoms with Crippen molar-refractivity contribution in [2.75, 3.05) is 12.3 Å². The lowest BCUT2D eigenvalue weighted by Crippen LogP contribution is -2.07. The highest BCUT2D eigenvalue weighted by molar-refractivity contribution is 7.58. The van der Waals surface area contributed by atoms with E-state index in [9.17, 15) is 14.3 Å². The van der Waals surface area contributed by atoms with Crippen molar-refractivity contribution >= 4 is 13.3 Å². The molecule has 0 saturated heterocycles. The summed E-state index contributed by atoms with van der Waals surface area (Å²) < 4.78 is 11.4. The molecule has 1 unspecified atom stereocenters. The van der Waals surface area contributed by atoms with Gasteiger partial charge in [-0.3, -0.25) is 9.36 Å². The van der Waals surface area contributed by atoms with Crippen molar-refractivity contribution in [3.8, 4) is 0 Å². The van der Waals surface area contributed by atoms with Crippen molar-refractivity contribution in [1.29, 1.82) is 0 Å². The van der Waals surface area contributed by atoms with Crippen LogP contribution in [0.3, 0.4) is 0 Å². The van der Waals surface area contributed by atoms with Gasteiger partial charge in [0.1, 0.15) is 6.16 Å². The van der Waals surface area contributed by atoms with Crippen molar-refractivity contribution < 1.29 is 19.4 Å². The molecule has 1 atom stereocenters. The first kappa shape index (κ1) is 11.7. The van der Waals surface area contributed by atoms with Crippen molar-refractivity contribution in [2.24, 2.45) is 5.92 Å². The quantitative estimate of drug-likeness (QED) is 0.694. The zero-order valence-electron chi connectivity index (χ0n) is 8.19. The first-order valence-corrected chi connectivity index (χ1v) is 7.05. The summed E-state index contributed by atoms with van der Waals surface area (Å²) in [5, 5.41) is 8.41. The lowest BCUT2D eigenvalue weighted by Gasteiger charge is -2.12. The summed E-state index contributed by atoms with van der Waals surface area (Å²) >= 11 is 0. The summed E-state index contributed by atoms with van der Waals surface area (Å²) in [7, 11) is -3.40. The highest BCUT2D eigenvalue weighted by Crippen LogP contribution is 2.43. The fraction of sp³-hybridized carbons (Fsp3) is 0.889. The van der Waals surface area contributed by atoms with Crippen molar-refractivity contribution in [3.63, 3.8) is 0 Å². The molecule has 1 rings (SSSR count). The van der Waals surface area contributed by atoms with Crippen LogP contribution < -0.4 is 0 Å². The Labute approximate surface area is 83.8 Å². The van der Waals surface area contributed by atoms with Crippen LogP contribution in [0, 0.1) is 5.92 Å². The maximum Gasteiger partial charge on any atom is 0.313 e. The molecular formula is C9H17O4P. The van der Waals surface area contributed by atoms with E-state index in [1.165, 1.54) is 12.8 Å². The van der Waals surface area contributed by atoms with Gasteiger partial charge in [0.25, 0.3) is 0 Å². The molecule has 0 bridgehead atoms. The number of carboxylic acid groups (broad SMARTS) is 1. The molecule has 1 fully saturated rings. The third-order valence-electron chi connectivity index (χ3n) is 2.74. The molecule has 0 heterocycles. The maximum atomic E-state index is 11.4. The number of carboxylic acids is 1. The summed E-state index contributed by atoms with van der Waals surface area (Å²) in [5.74, 6) is -0.633. The van der Waals surface area contributed by atoms with E-state index in [1.54, 1.807) is 0 Å². The van der Waals surface area contributed by atoms with Gasteiger partial charge in [0.15, 0.2) is 0 Å². The highest BCUT2D eigenvalue weighted by atomic mass is 31.2. The standard InChI is InChI=1S/C9H17O4P/c10-9(11)7-14(12,13)6-5-8-3-1-2-4-8/h8H,1-7H2,(H,10,11)(H,12,13). The third kappa shape index (κ3) is 4.25. The Hall–Kier alpha value is -0.340. The zero-order chi connectivity index (χ0) is 10.6. The van der Waals surface area contributed by atoms with E-state index in [1.807, 2.05) is 0 Å². The van der Waals surface area contributed by atoms with Crippen molar-refractivity contribution in [1.82, 2.24) is 0 Å². The van der Waals surface area contributed by atoms with E-state index >= 15 is 0 Å². The van der Waals surface area contributed by atoms with Gasteiger partial charge in [-0.05, 0) is 12.3 Å². The first-order valence-electron chi connectivity index (χ1n) is 5.02. The molecule has 0 aromatic carbocycles. The molecule has 5 heteroatoms. The molecule has 14 heavy (non-hydrogen) atoms. The smallest absolute Gasteiger partial charge is 0.313 e. The van der Waals surface area contributed by atoms with Gasteiger partial charge in [-0.1, -0.05) is 25.7 Å². The monoisotopic (exact) mass is 220 g/mol. The second-order valence-corrected chi connectivity index (χ2v) is 6.52. The molecule has 0 spiro atoms. The van der Waals surface area contributed by atoms with Gasteiger partial charge in [-0.25, -0.2) is 0 Å². The Morgan fingerprint density at radius 1 is 1.36 bits per heavy atom. The zero-order valence-corrected chi connectivity index (χ0v) is 9.08. The molecule has 0 radical (unpaired) electrons. The lowest BCUT2D eigenvalue weighted by molar-refractivity contribution is -0.134. The van der Waals surface area contributed by atoms with Crippen LogP contribution in [0.15, 0.2) is 0 Å². The van der Waals surface area contributed by atoms with Crippen LogP contribution in [0.5, 0.6) is 0 Å². The summed E-state index contributed by atoms with van der Waals surface area (Å²) in [6, 6.07) is 0. The molecule has 0 aromatic rings. The second-order valence-electron chi connectivity index (χ2n) is 4.06. The van der Waals surface area contributed by atoms with Crippen LogP contribution in [0.2, 0.25) is 0 Å². The van der Waals surface area contributed by atoms with Crippen LogP contribution in [0.1, 0.15) is 32.1 Å². The molecule has 0 aromatic heterocycles. The molecule has 1 aliphatic carbocycles. The van der Waals surface area contributed by atoms with Gasteiger partial charge >= 0.3 is 5.97 Å². The molecular weight excluding hydrogens is 203 g/mol. The van der Waals surface area contributed by atoms with Crippen LogP contribution in [-0.2, 0) is 9.36 Å². The predicted molar refractivity (Wildman–Crippen MR) is 53.8 cm³/mol. The van der Waals surface area contributed by atoms with Gasteiger partial charge in [0, 0.05) is 6.16 Å². The fourth-order valence-electron chi connectivity index (χ4n) is 1.97. The van der Waals surface area contributed by atoms with Gasteiger partial charge in [0.05, 0.1) is 0 Å². The van der Waals surface area contributed by atoms with E-state index in [0.29, 0.717) is 12.3 Å². The Morgan fingerprint density at radius 3 is 2.43 bits per heavy atom. The minimum atomic E-state index is -3.40. The Kier molecular flexibility index (Phi) is 4.14. The second kappa shape index (κ2) is 4.94. The van der Waals surface area contributed by atoms with Gasteiger partial charge in [-0.2, -0.15) is 0 Å². The van der Waals surface area contributed by atoms with E-state index in [2.05, 4.69) is 0 Å². The van der Waals surface area contributed by atoms with Crippen LogP contribution in [0.25, 0.3) is 0 Å². The molecule has 82 valence electrons. The molecule has 0 amide bonds. The van der Waals surface area contributed by atoms with Crippen LogP contribution in [0.4, 0.5) is 0 Å². The lowest BCUT2D eigenvalue weighted by atomic mass is 10.1. The Bertz CT molecular complexity index is 245. The van der Waals surface area contributed by atoms with Crippen molar-refractivity contribution in [2.45, 2.75) is 32.1 Å². The van der Waals surface area contributed by atoms with E-state index < -0.39 is 19.5 Å². The van der Waals surface area contributed by atoms with Crippen molar-refractivity contribution in [3.05, 3.63) is 0 Å². The summed E-state index contributed by atoms with van der Waals surface area (Å²) in [6.07, 6.45) is 4.98. The highest BCUT2D eigenvalue weighted by Gasteiger charge is 2.25. The van der Waals surface area contributed by atoms with E-state index in [0.717, 1.165) is 12.8 Å². The van der Waals surface area contributed by atoms with Crippen LogP contribution in [-0.4, -0.2) is 28.3 Å². The first-order chi connectivity index (χ1) is 6.49. The molecule has 2 N–H and O–H groups in total. The molecule has 1 saturated carbocycles. The topological polar surface area (TPSA) is 74.6 Å². The number of rotatable bonds is 5. The number of aliphatic carboxylic acids is 1. The van der Waals surface area contributed by atoms with E-state index in [-0.39, 0.29) is 6.16 Å².